The Bertz CT molecular complexity index is 1330. The van der Waals surface area contributed by atoms with Crippen LogP contribution in [0.1, 0.15) is 30.1 Å². The van der Waals surface area contributed by atoms with Crippen molar-refractivity contribution in [1.82, 2.24) is 0 Å². The first-order valence-electron chi connectivity index (χ1n) is 11.4. The highest BCUT2D eigenvalue weighted by atomic mass is 35.5. The van der Waals surface area contributed by atoms with Gasteiger partial charge in [-0.1, -0.05) is 24.9 Å². The fourth-order valence-electron chi connectivity index (χ4n) is 3.06. The molecule has 0 radical (unpaired) electrons. The smallest absolute Gasteiger partial charge is 0.338 e. The Balaban J connectivity index is 1.54. The third-order valence-electron chi connectivity index (χ3n) is 5.05. The highest BCUT2D eigenvalue weighted by Crippen LogP contribution is 2.28. The van der Waals surface area contributed by atoms with E-state index in [1.807, 2.05) is 6.92 Å². The van der Waals surface area contributed by atoms with Crippen LogP contribution in [0.15, 0.2) is 71.6 Å². The monoisotopic (exact) mass is 546 g/mol. The summed E-state index contributed by atoms with van der Waals surface area (Å²) in [5.74, 6) is -0.150. The molecule has 0 aliphatic rings. The Morgan fingerprint density at radius 3 is 2.24 bits per heavy atom. The number of anilines is 2. The molecule has 0 heterocycles. The Hall–Kier alpha value is -3.76. The number of rotatable bonds is 12. The molecule has 11 heteroatoms. The van der Waals surface area contributed by atoms with Gasteiger partial charge in [0, 0.05) is 11.4 Å². The molecule has 0 saturated heterocycles. The second kappa shape index (κ2) is 13.0. The second-order valence-corrected chi connectivity index (χ2v) is 9.92. The number of hydrogen-bond acceptors (Lipinski definition) is 7. The van der Waals surface area contributed by atoms with Crippen LogP contribution in [0.4, 0.5) is 11.4 Å². The lowest BCUT2D eigenvalue weighted by Crippen LogP contribution is -2.20. The lowest BCUT2D eigenvalue weighted by Gasteiger charge is -2.12. The number of ether oxygens (including phenoxy) is 3. The van der Waals surface area contributed by atoms with Crippen molar-refractivity contribution in [2.24, 2.45) is 0 Å². The van der Waals surface area contributed by atoms with Crippen LogP contribution in [0.3, 0.4) is 0 Å². The average Bonchev–Trinajstić information content (AvgIpc) is 2.88. The van der Waals surface area contributed by atoms with E-state index in [9.17, 15) is 18.0 Å². The maximum absolute atomic E-state index is 12.7. The molecule has 2 N–H and O–H groups in total. The van der Waals surface area contributed by atoms with Gasteiger partial charge in [-0.25, -0.2) is 13.2 Å². The standard InChI is InChI=1S/C26H27ClN2O7S/c1-3-4-15-35-26(31)18-5-7-19(8-6-18)28-25(30)17-36-24-14-13-22(16-23(24)27)37(32,33)29-20-9-11-21(34-2)12-10-20/h5-14,16,29H,3-4,15,17H2,1-2H3,(H,28,30). The van der Waals surface area contributed by atoms with Crippen LogP contribution in [0.2, 0.25) is 5.02 Å². The van der Waals surface area contributed by atoms with E-state index in [2.05, 4.69) is 10.0 Å². The van der Waals surface area contributed by atoms with Crippen molar-refractivity contribution < 1.29 is 32.2 Å². The summed E-state index contributed by atoms with van der Waals surface area (Å²) in [4.78, 5) is 24.2. The van der Waals surface area contributed by atoms with Gasteiger partial charge in [-0.2, -0.15) is 0 Å². The van der Waals surface area contributed by atoms with Gasteiger partial charge >= 0.3 is 5.97 Å². The third-order valence-corrected chi connectivity index (χ3v) is 6.72. The first kappa shape index (κ1) is 27.8. The fraction of sp³-hybridized carbons (Fsp3) is 0.231. The van der Waals surface area contributed by atoms with Gasteiger partial charge in [-0.3, -0.25) is 9.52 Å². The number of unbranched alkanes of at least 4 members (excludes halogenated alkanes) is 1. The highest BCUT2D eigenvalue weighted by molar-refractivity contribution is 7.92. The summed E-state index contributed by atoms with van der Waals surface area (Å²) in [5.41, 5.74) is 1.21. The van der Waals surface area contributed by atoms with E-state index in [1.54, 1.807) is 48.5 Å². The lowest BCUT2D eigenvalue weighted by molar-refractivity contribution is -0.118. The summed E-state index contributed by atoms with van der Waals surface area (Å²) in [5, 5.41) is 2.67. The number of hydrogen-bond donors (Lipinski definition) is 2. The summed E-state index contributed by atoms with van der Waals surface area (Å²) in [7, 11) is -2.39. The molecule has 0 atom stereocenters. The number of amides is 1. The minimum Gasteiger partial charge on any atom is -0.497 e. The number of sulfonamides is 1. The van der Waals surface area contributed by atoms with Crippen LogP contribution >= 0.6 is 11.6 Å². The second-order valence-electron chi connectivity index (χ2n) is 7.83. The van der Waals surface area contributed by atoms with E-state index in [0.717, 1.165) is 12.8 Å². The largest absolute Gasteiger partial charge is 0.497 e. The van der Waals surface area contributed by atoms with Gasteiger partial charge in [-0.15, -0.1) is 0 Å². The maximum Gasteiger partial charge on any atom is 0.338 e. The molecule has 1 amide bonds. The van der Waals surface area contributed by atoms with E-state index in [4.69, 9.17) is 25.8 Å². The van der Waals surface area contributed by atoms with E-state index >= 15 is 0 Å². The molecule has 0 unspecified atom stereocenters. The maximum atomic E-state index is 12.7. The van der Waals surface area contributed by atoms with Crippen molar-refractivity contribution in [2.75, 3.05) is 30.4 Å². The Morgan fingerprint density at radius 2 is 1.62 bits per heavy atom. The van der Waals surface area contributed by atoms with Crippen LogP contribution in [0.5, 0.6) is 11.5 Å². The van der Waals surface area contributed by atoms with Gasteiger partial charge in [0.1, 0.15) is 11.5 Å². The van der Waals surface area contributed by atoms with Crippen LogP contribution in [-0.4, -0.2) is 40.6 Å². The van der Waals surface area contributed by atoms with Crippen LogP contribution in [0.25, 0.3) is 0 Å². The highest BCUT2D eigenvalue weighted by Gasteiger charge is 2.17. The molecule has 0 bridgehead atoms. The summed E-state index contributed by atoms with van der Waals surface area (Å²) >= 11 is 6.20. The van der Waals surface area contributed by atoms with E-state index in [0.29, 0.717) is 29.3 Å². The van der Waals surface area contributed by atoms with Gasteiger partial charge in [0.25, 0.3) is 15.9 Å². The molecule has 3 aromatic carbocycles. The van der Waals surface area contributed by atoms with Gasteiger partial charge in [0.15, 0.2) is 6.61 Å². The summed E-state index contributed by atoms with van der Waals surface area (Å²) in [6, 6.07) is 16.6. The minimum atomic E-state index is -3.90. The van der Waals surface area contributed by atoms with Crippen molar-refractivity contribution >= 4 is 44.9 Å². The van der Waals surface area contributed by atoms with E-state index in [1.165, 1.54) is 25.3 Å². The molecular weight excluding hydrogens is 520 g/mol. The summed E-state index contributed by atoms with van der Waals surface area (Å²) < 4.78 is 43.5. The normalized spacial score (nSPS) is 10.9. The number of carbonyl (C=O) groups excluding carboxylic acids is 2. The Labute approximate surface area is 220 Å². The molecule has 37 heavy (non-hydrogen) atoms. The quantitative estimate of drug-likeness (QED) is 0.239. The minimum absolute atomic E-state index is 0.0244. The molecule has 0 fully saturated rings. The molecule has 0 aromatic heterocycles. The van der Waals surface area contributed by atoms with Crippen molar-refractivity contribution in [3.8, 4) is 11.5 Å². The van der Waals surface area contributed by atoms with Crippen LogP contribution < -0.4 is 19.5 Å². The summed E-state index contributed by atoms with van der Waals surface area (Å²) in [6.07, 6.45) is 1.72. The first-order chi connectivity index (χ1) is 17.7. The molecule has 0 spiro atoms. The van der Waals surface area contributed by atoms with Crippen molar-refractivity contribution in [3.63, 3.8) is 0 Å². The topological polar surface area (TPSA) is 120 Å². The number of nitrogens with one attached hydrogen (secondary N) is 2. The van der Waals surface area contributed by atoms with Crippen molar-refractivity contribution in [2.45, 2.75) is 24.7 Å². The molecule has 9 nitrogen and oxygen atoms in total. The lowest BCUT2D eigenvalue weighted by atomic mass is 10.2. The Morgan fingerprint density at radius 1 is 0.946 bits per heavy atom. The van der Waals surface area contributed by atoms with E-state index < -0.39 is 21.9 Å². The average molecular weight is 547 g/mol. The number of methoxy groups -OCH3 is 1. The van der Waals surface area contributed by atoms with Gasteiger partial charge in [0.2, 0.25) is 0 Å². The molecule has 3 aromatic rings. The van der Waals surface area contributed by atoms with Crippen molar-refractivity contribution in [3.05, 3.63) is 77.3 Å². The number of benzene rings is 3. The molecular formula is C26H27ClN2O7S. The molecule has 0 saturated carbocycles. The summed E-state index contributed by atoms with van der Waals surface area (Å²) in [6.45, 7) is 2.00. The zero-order valence-corrected chi connectivity index (χ0v) is 21.9. The van der Waals surface area contributed by atoms with Gasteiger partial charge in [0.05, 0.1) is 29.2 Å². The van der Waals surface area contributed by atoms with Gasteiger partial charge in [-0.05, 0) is 73.2 Å². The number of halogens is 1. The Kier molecular flexibility index (Phi) is 9.76. The van der Waals surface area contributed by atoms with Crippen LogP contribution in [-0.2, 0) is 19.6 Å². The van der Waals surface area contributed by atoms with Gasteiger partial charge < -0.3 is 19.5 Å². The number of carbonyl (C=O) groups is 2. The van der Waals surface area contributed by atoms with E-state index in [-0.39, 0.29) is 22.3 Å². The zero-order chi connectivity index (χ0) is 26.8. The third kappa shape index (κ3) is 8.12. The molecule has 3 rings (SSSR count). The molecule has 0 aliphatic heterocycles. The first-order valence-corrected chi connectivity index (χ1v) is 13.2. The SMILES string of the molecule is CCCCOC(=O)c1ccc(NC(=O)COc2ccc(S(=O)(=O)Nc3ccc(OC)cc3)cc2Cl)cc1. The predicted molar refractivity (Wildman–Crippen MR) is 141 cm³/mol. The van der Waals surface area contributed by atoms with Crippen molar-refractivity contribution in [1.29, 1.82) is 0 Å². The molecule has 0 aliphatic carbocycles. The van der Waals surface area contributed by atoms with Crippen LogP contribution in [0, 0.1) is 0 Å². The zero-order valence-electron chi connectivity index (χ0n) is 20.3. The number of esters is 1. The molecule has 196 valence electrons. The fourth-order valence-corrected chi connectivity index (χ4v) is 4.45. The predicted octanol–water partition coefficient (Wildman–Crippen LogP) is 5.12.